The summed E-state index contributed by atoms with van der Waals surface area (Å²) < 4.78 is 5.99. The van der Waals surface area contributed by atoms with Crippen molar-refractivity contribution >= 4 is 22.9 Å². The zero-order valence-electron chi connectivity index (χ0n) is 20.5. The fourth-order valence-corrected chi connectivity index (χ4v) is 7.80. The third-order valence-corrected chi connectivity index (χ3v) is 9.21. The number of likely N-dealkylation sites (tertiary alicyclic amines) is 1. The Bertz CT molecular complexity index is 1010. The maximum absolute atomic E-state index is 13.6. The number of para-hydroxylation sites is 2. The first-order valence-corrected chi connectivity index (χ1v) is 13.4. The van der Waals surface area contributed by atoms with E-state index in [1.54, 1.807) is 0 Å². The van der Waals surface area contributed by atoms with Crippen LogP contribution in [0.3, 0.4) is 0 Å². The summed E-state index contributed by atoms with van der Waals surface area (Å²) in [5.74, 6) is 3.46. The number of carbonyl (C=O) groups is 2. The average molecular weight is 464 g/mol. The van der Waals surface area contributed by atoms with Gasteiger partial charge in [0, 0.05) is 24.4 Å². The SMILES string of the molecule is CC(C)C(NC(=O)C12CC3CC(CC(C3)C1)C2)C(=O)N1CCC(c2nc3ccccc3o2)CC1. The van der Waals surface area contributed by atoms with Gasteiger partial charge in [-0.25, -0.2) is 4.98 Å². The van der Waals surface area contributed by atoms with Crippen molar-refractivity contribution in [3.63, 3.8) is 0 Å². The number of aromatic nitrogens is 1. The standard InChI is InChI=1S/C28H37N3O3/c1-17(2)24(30-27(33)28-14-18-11-19(15-28)13-20(12-18)16-28)26(32)31-9-7-21(8-10-31)25-29-22-5-3-4-6-23(22)34-25/h3-6,17-21,24H,7-16H2,1-2H3,(H,30,33). The second-order valence-corrected chi connectivity index (χ2v) is 12.0. The number of oxazole rings is 1. The van der Waals surface area contributed by atoms with Gasteiger partial charge in [-0.2, -0.15) is 0 Å². The molecule has 0 spiro atoms. The Labute approximate surface area is 201 Å². The van der Waals surface area contributed by atoms with Crippen molar-refractivity contribution < 1.29 is 14.0 Å². The largest absolute Gasteiger partial charge is 0.440 e. The van der Waals surface area contributed by atoms with E-state index in [2.05, 4.69) is 10.3 Å². The summed E-state index contributed by atoms with van der Waals surface area (Å²) in [6.45, 7) is 5.46. The van der Waals surface area contributed by atoms with E-state index in [9.17, 15) is 9.59 Å². The van der Waals surface area contributed by atoms with Crippen LogP contribution in [0.1, 0.15) is 77.0 Å². The molecule has 4 bridgehead atoms. The number of nitrogens with one attached hydrogen (secondary N) is 1. The van der Waals surface area contributed by atoms with Gasteiger partial charge in [0.05, 0.1) is 0 Å². The second kappa shape index (κ2) is 8.39. The van der Waals surface area contributed by atoms with E-state index in [1.165, 1.54) is 19.3 Å². The number of hydrogen-bond donors (Lipinski definition) is 1. The Kier molecular flexibility index (Phi) is 5.45. The van der Waals surface area contributed by atoms with E-state index in [-0.39, 0.29) is 29.1 Å². The Morgan fingerprint density at radius 1 is 1.03 bits per heavy atom. The monoisotopic (exact) mass is 463 g/mol. The van der Waals surface area contributed by atoms with E-state index < -0.39 is 6.04 Å². The van der Waals surface area contributed by atoms with Gasteiger partial charge in [-0.3, -0.25) is 9.59 Å². The third-order valence-electron chi connectivity index (χ3n) is 9.21. The fraction of sp³-hybridized carbons (Fsp3) is 0.679. The molecule has 5 aliphatic rings. The smallest absolute Gasteiger partial charge is 0.245 e. The number of piperidine rings is 1. The molecule has 1 aliphatic heterocycles. The molecule has 1 aromatic heterocycles. The van der Waals surface area contributed by atoms with Crippen LogP contribution in [-0.4, -0.2) is 40.8 Å². The molecule has 4 saturated carbocycles. The molecule has 0 radical (unpaired) electrons. The zero-order valence-corrected chi connectivity index (χ0v) is 20.5. The molecule has 2 aromatic rings. The Hall–Kier alpha value is -2.37. The summed E-state index contributed by atoms with van der Waals surface area (Å²) in [4.78, 5) is 33.8. The number of carbonyl (C=O) groups excluding carboxylic acids is 2. The van der Waals surface area contributed by atoms with Gasteiger partial charge >= 0.3 is 0 Å². The van der Waals surface area contributed by atoms with Crippen LogP contribution < -0.4 is 5.32 Å². The van der Waals surface area contributed by atoms with Gasteiger partial charge in [0.2, 0.25) is 11.8 Å². The zero-order chi connectivity index (χ0) is 23.4. The number of fused-ring (bicyclic) bond motifs is 1. The topological polar surface area (TPSA) is 75.4 Å². The van der Waals surface area contributed by atoms with Crippen molar-refractivity contribution in [1.29, 1.82) is 0 Å². The Balaban J connectivity index is 1.11. The lowest BCUT2D eigenvalue weighted by atomic mass is 9.49. The average Bonchev–Trinajstić information content (AvgIpc) is 3.25. The van der Waals surface area contributed by atoms with E-state index >= 15 is 0 Å². The van der Waals surface area contributed by atoms with Gasteiger partial charge < -0.3 is 14.6 Å². The maximum atomic E-state index is 13.6. The van der Waals surface area contributed by atoms with Gasteiger partial charge in [-0.05, 0) is 87.2 Å². The van der Waals surface area contributed by atoms with E-state index in [4.69, 9.17) is 4.42 Å². The molecule has 6 nitrogen and oxygen atoms in total. The number of nitrogens with zero attached hydrogens (tertiary/aromatic N) is 2. The van der Waals surface area contributed by atoms with E-state index in [1.807, 2.05) is 43.0 Å². The summed E-state index contributed by atoms with van der Waals surface area (Å²) in [7, 11) is 0. The molecule has 1 unspecified atom stereocenters. The summed E-state index contributed by atoms with van der Waals surface area (Å²) in [5, 5.41) is 3.27. The highest BCUT2D eigenvalue weighted by molar-refractivity contribution is 5.90. The first kappa shape index (κ1) is 22.1. The number of benzene rings is 1. The third kappa shape index (κ3) is 3.83. The maximum Gasteiger partial charge on any atom is 0.245 e. The normalized spacial score (nSPS) is 31.9. The molecule has 1 N–H and O–H groups in total. The van der Waals surface area contributed by atoms with Crippen LogP contribution in [0.4, 0.5) is 0 Å². The lowest BCUT2D eigenvalue weighted by Crippen LogP contribution is -2.59. The van der Waals surface area contributed by atoms with E-state index in [0.717, 1.165) is 66.8 Å². The molecule has 1 atom stereocenters. The van der Waals surface area contributed by atoms with Crippen molar-refractivity contribution in [2.24, 2.45) is 29.1 Å². The highest BCUT2D eigenvalue weighted by Crippen LogP contribution is 2.60. The number of hydrogen-bond acceptors (Lipinski definition) is 4. The predicted octanol–water partition coefficient (Wildman–Crippen LogP) is 4.89. The molecule has 1 aromatic carbocycles. The molecule has 5 fully saturated rings. The van der Waals surface area contributed by atoms with Crippen molar-refractivity contribution in [2.75, 3.05) is 13.1 Å². The van der Waals surface area contributed by atoms with Crippen molar-refractivity contribution in [2.45, 2.75) is 77.2 Å². The minimum atomic E-state index is -0.443. The van der Waals surface area contributed by atoms with Crippen LogP contribution in [0.25, 0.3) is 11.1 Å². The summed E-state index contributed by atoms with van der Waals surface area (Å²) >= 11 is 0. The molecular formula is C28H37N3O3. The summed E-state index contributed by atoms with van der Waals surface area (Å²) in [6, 6.07) is 7.41. The second-order valence-electron chi connectivity index (χ2n) is 12.0. The van der Waals surface area contributed by atoms with Crippen LogP contribution >= 0.6 is 0 Å². The van der Waals surface area contributed by atoms with Gasteiger partial charge in [-0.15, -0.1) is 0 Å². The van der Waals surface area contributed by atoms with Gasteiger partial charge in [-0.1, -0.05) is 26.0 Å². The lowest BCUT2D eigenvalue weighted by molar-refractivity contribution is -0.151. The predicted molar refractivity (Wildman–Crippen MR) is 130 cm³/mol. The first-order valence-electron chi connectivity index (χ1n) is 13.4. The summed E-state index contributed by atoms with van der Waals surface area (Å²) in [5.41, 5.74) is 1.49. The highest BCUT2D eigenvalue weighted by Gasteiger charge is 2.55. The lowest BCUT2D eigenvalue weighted by Gasteiger charge is -2.56. The number of amides is 2. The van der Waals surface area contributed by atoms with Crippen molar-refractivity contribution in [1.82, 2.24) is 15.2 Å². The van der Waals surface area contributed by atoms with Crippen molar-refractivity contribution in [3.8, 4) is 0 Å². The van der Waals surface area contributed by atoms with Crippen LogP contribution in [0.5, 0.6) is 0 Å². The number of rotatable bonds is 5. The van der Waals surface area contributed by atoms with Gasteiger partial charge in [0.1, 0.15) is 11.6 Å². The van der Waals surface area contributed by atoms with Gasteiger partial charge in [0.25, 0.3) is 0 Å². The van der Waals surface area contributed by atoms with Crippen LogP contribution in [-0.2, 0) is 9.59 Å². The molecule has 7 rings (SSSR count). The van der Waals surface area contributed by atoms with E-state index in [0.29, 0.717) is 13.1 Å². The molecule has 34 heavy (non-hydrogen) atoms. The molecule has 6 heteroatoms. The summed E-state index contributed by atoms with van der Waals surface area (Å²) in [6.07, 6.45) is 8.70. The molecule has 1 saturated heterocycles. The van der Waals surface area contributed by atoms with Crippen LogP contribution in [0, 0.1) is 29.1 Å². The quantitative estimate of drug-likeness (QED) is 0.685. The molecule has 2 heterocycles. The van der Waals surface area contributed by atoms with Crippen LogP contribution in [0.2, 0.25) is 0 Å². The molecule has 182 valence electrons. The molecule has 4 aliphatic carbocycles. The van der Waals surface area contributed by atoms with Gasteiger partial charge in [0.15, 0.2) is 11.5 Å². The Morgan fingerprint density at radius 2 is 1.65 bits per heavy atom. The minimum absolute atomic E-state index is 0.0696. The molecular weight excluding hydrogens is 426 g/mol. The van der Waals surface area contributed by atoms with Crippen LogP contribution in [0.15, 0.2) is 28.7 Å². The Morgan fingerprint density at radius 3 is 2.24 bits per heavy atom. The molecule has 2 amide bonds. The minimum Gasteiger partial charge on any atom is -0.440 e. The first-order chi connectivity index (χ1) is 16.4. The fourth-order valence-electron chi connectivity index (χ4n) is 7.80. The highest BCUT2D eigenvalue weighted by atomic mass is 16.3. The van der Waals surface area contributed by atoms with Crippen molar-refractivity contribution in [3.05, 3.63) is 30.2 Å².